The van der Waals surface area contributed by atoms with Crippen molar-refractivity contribution in [2.45, 2.75) is 40.5 Å². The van der Waals surface area contributed by atoms with Gasteiger partial charge in [-0.25, -0.2) is 8.78 Å². The van der Waals surface area contributed by atoms with Gasteiger partial charge in [-0.1, -0.05) is 27.7 Å². The lowest BCUT2D eigenvalue weighted by molar-refractivity contribution is 0.0632. The molecule has 0 rings (SSSR count). The second kappa shape index (κ2) is 3.31. The molecule has 10 heavy (non-hydrogen) atoms. The van der Waals surface area contributed by atoms with Crippen LogP contribution in [0.5, 0.6) is 0 Å². The van der Waals surface area contributed by atoms with Gasteiger partial charge in [-0.15, -0.1) is 0 Å². The second-order valence-electron chi connectivity index (χ2n) is 4.08. The lowest BCUT2D eigenvalue weighted by Gasteiger charge is -2.22. The minimum absolute atomic E-state index is 0.0237. The highest BCUT2D eigenvalue weighted by molar-refractivity contribution is 4.67. The van der Waals surface area contributed by atoms with Crippen LogP contribution in [0.4, 0.5) is 8.78 Å². The fourth-order valence-electron chi connectivity index (χ4n) is 1.06. The summed E-state index contributed by atoms with van der Waals surface area (Å²) in [7, 11) is 0. The first-order valence-electron chi connectivity index (χ1n) is 3.61. The smallest absolute Gasteiger partial charge is 0.210 e. The maximum absolute atomic E-state index is 12.0. The van der Waals surface area contributed by atoms with Gasteiger partial charge in [0.1, 0.15) is 0 Å². The topological polar surface area (TPSA) is 0 Å². The first-order chi connectivity index (χ1) is 4.33. The molecule has 0 heterocycles. The summed E-state index contributed by atoms with van der Waals surface area (Å²) in [5.74, 6) is -0.472. The van der Waals surface area contributed by atoms with Gasteiger partial charge in [0.2, 0.25) is 6.43 Å². The van der Waals surface area contributed by atoms with E-state index < -0.39 is 12.3 Å². The van der Waals surface area contributed by atoms with Crippen molar-refractivity contribution >= 4 is 0 Å². The average molecular weight is 150 g/mol. The molecular weight excluding hydrogens is 134 g/mol. The van der Waals surface area contributed by atoms with E-state index >= 15 is 0 Å². The molecule has 0 fully saturated rings. The molecule has 0 aliphatic carbocycles. The first-order valence-corrected chi connectivity index (χ1v) is 3.61. The molecule has 0 radical (unpaired) electrons. The van der Waals surface area contributed by atoms with Crippen molar-refractivity contribution in [3.8, 4) is 0 Å². The predicted molar refractivity (Wildman–Crippen MR) is 39.2 cm³/mol. The maximum atomic E-state index is 12.0. The average Bonchev–Trinajstić information content (AvgIpc) is 1.60. The highest BCUT2D eigenvalue weighted by Gasteiger charge is 2.21. The summed E-state index contributed by atoms with van der Waals surface area (Å²) in [5, 5.41) is 0. The zero-order valence-electron chi connectivity index (χ0n) is 7.12. The molecule has 62 valence electrons. The highest BCUT2D eigenvalue weighted by Crippen LogP contribution is 2.27. The third-order valence-corrected chi connectivity index (χ3v) is 1.36. The minimum atomic E-state index is -2.17. The van der Waals surface area contributed by atoms with Crippen LogP contribution < -0.4 is 0 Å². The SMILES string of the molecule is C[C@H](CC(C)(C)C)C(F)F. The van der Waals surface area contributed by atoms with Gasteiger partial charge in [0.05, 0.1) is 0 Å². The fourth-order valence-corrected chi connectivity index (χ4v) is 1.06. The molecule has 0 aromatic heterocycles. The van der Waals surface area contributed by atoms with Crippen LogP contribution in [-0.4, -0.2) is 6.43 Å². The third-order valence-electron chi connectivity index (χ3n) is 1.36. The van der Waals surface area contributed by atoms with Crippen LogP contribution in [0.2, 0.25) is 0 Å². The van der Waals surface area contributed by atoms with Crippen molar-refractivity contribution in [3.63, 3.8) is 0 Å². The van der Waals surface area contributed by atoms with E-state index in [9.17, 15) is 8.78 Å². The van der Waals surface area contributed by atoms with Crippen LogP contribution in [0.15, 0.2) is 0 Å². The molecule has 0 amide bonds. The molecule has 0 bridgehead atoms. The molecule has 0 aliphatic rings. The van der Waals surface area contributed by atoms with E-state index in [1.54, 1.807) is 6.92 Å². The monoisotopic (exact) mass is 150 g/mol. The lowest BCUT2D eigenvalue weighted by Crippen LogP contribution is -2.16. The van der Waals surface area contributed by atoms with Crippen molar-refractivity contribution < 1.29 is 8.78 Å². The molecular formula is C8H16F2. The molecule has 0 unspecified atom stereocenters. The summed E-state index contributed by atoms with van der Waals surface area (Å²) in [5.41, 5.74) is 0.0237. The van der Waals surface area contributed by atoms with Crippen molar-refractivity contribution in [3.05, 3.63) is 0 Å². The van der Waals surface area contributed by atoms with Crippen LogP contribution in [-0.2, 0) is 0 Å². The number of halogens is 2. The molecule has 0 saturated carbocycles. The van der Waals surface area contributed by atoms with Gasteiger partial charge in [0, 0.05) is 5.92 Å². The van der Waals surface area contributed by atoms with Crippen LogP contribution in [0.25, 0.3) is 0 Å². The maximum Gasteiger partial charge on any atom is 0.241 e. The van der Waals surface area contributed by atoms with Crippen molar-refractivity contribution in [1.82, 2.24) is 0 Å². The molecule has 2 heteroatoms. The summed E-state index contributed by atoms with van der Waals surface area (Å²) in [4.78, 5) is 0. The van der Waals surface area contributed by atoms with Crippen molar-refractivity contribution in [1.29, 1.82) is 0 Å². The summed E-state index contributed by atoms with van der Waals surface area (Å²) in [6, 6.07) is 0. The Morgan fingerprint density at radius 1 is 1.20 bits per heavy atom. The predicted octanol–water partition coefficient (Wildman–Crippen LogP) is 3.32. The molecule has 0 N–H and O–H groups in total. The Morgan fingerprint density at radius 2 is 1.60 bits per heavy atom. The van der Waals surface area contributed by atoms with E-state index in [2.05, 4.69) is 0 Å². The normalized spacial score (nSPS) is 15.9. The minimum Gasteiger partial charge on any atom is -0.210 e. The standard InChI is InChI=1S/C8H16F2/c1-6(7(9)10)5-8(2,3)4/h6-7H,5H2,1-4H3/t6-/m1/s1. The Kier molecular flexibility index (Phi) is 3.26. The Labute approximate surface area is 61.6 Å². The van der Waals surface area contributed by atoms with Crippen LogP contribution in [0.1, 0.15) is 34.1 Å². The van der Waals surface area contributed by atoms with E-state index in [0.29, 0.717) is 6.42 Å². The summed E-state index contributed by atoms with van der Waals surface area (Å²) >= 11 is 0. The number of rotatable bonds is 2. The third kappa shape index (κ3) is 4.71. The van der Waals surface area contributed by atoms with E-state index in [1.807, 2.05) is 20.8 Å². The van der Waals surface area contributed by atoms with Gasteiger partial charge in [-0.05, 0) is 11.8 Å². The number of hydrogen-bond acceptors (Lipinski definition) is 0. The molecule has 1 atom stereocenters. The van der Waals surface area contributed by atoms with E-state index in [1.165, 1.54) is 0 Å². The van der Waals surface area contributed by atoms with Crippen LogP contribution in [0.3, 0.4) is 0 Å². The van der Waals surface area contributed by atoms with Gasteiger partial charge in [0.25, 0.3) is 0 Å². The summed E-state index contributed by atoms with van der Waals surface area (Å²) in [6.07, 6.45) is -1.58. The van der Waals surface area contributed by atoms with Gasteiger partial charge < -0.3 is 0 Å². The quantitative estimate of drug-likeness (QED) is 0.566. The Bertz CT molecular complexity index is 91.9. The summed E-state index contributed by atoms with van der Waals surface area (Å²) < 4.78 is 23.9. The zero-order valence-corrected chi connectivity index (χ0v) is 7.12. The highest BCUT2D eigenvalue weighted by atomic mass is 19.3. The van der Waals surface area contributed by atoms with E-state index in [-0.39, 0.29) is 5.41 Å². The van der Waals surface area contributed by atoms with E-state index in [4.69, 9.17) is 0 Å². The van der Waals surface area contributed by atoms with Gasteiger partial charge >= 0.3 is 0 Å². The van der Waals surface area contributed by atoms with Gasteiger partial charge in [-0.3, -0.25) is 0 Å². The van der Waals surface area contributed by atoms with Crippen LogP contribution in [0, 0.1) is 11.3 Å². The number of hydrogen-bond donors (Lipinski definition) is 0. The molecule has 0 spiro atoms. The lowest BCUT2D eigenvalue weighted by atomic mass is 9.86. The summed E-state index contributed by atoms with van der Waals surface area (Å²) in [6.45, 7) is 7.53. The van der Waals surface area contributed by atoms with Gasteiger partial charge in [0.15, 0.2) is 0 Å². The fraction of sp³-hybridized carbons (Fsp3) is 1.00. The Balaban J connectivity index is 3.68. The molecule has 0 saturated heterocycles. The first kappa shape index (κ1) is 9.86. The molecule has 0 aromatic carbocycles. The van der Waals surface area contributed by atoms with Crippen molar-refractivity contribution in [2.75, 3.05) is 0 Å². The second-order valence-corrected chi connectivity index (χ2v) is 4.08. The molecule has 0 aromatic rings. The number of alkyl halides is 2. The van der Waals surface area contributed by atoms with Crippen LogP contribution >= 0.6 is 0 Å². The molecule has 0 aliphatic heterocycles. The Hall–Kier alpha value is -0.140. The van der Waals surface area contributed by atoms with E-state index in [0.717, 1.165) is 0 Å². The Morgan fingerprint density at radius 3 is 1.70 bits per heavy atom. The van der Waals surface area contributed by atoms with Crippen molar-refractivity contribution in [2.24, 2.45) is 11.3 Å². The largest absolute Gasteiger partial charge is 0.241 e. The molecule has 0 nitrogen and oxygen atoms in total. The van der Waals surface area contributed by atoms with Gasteiger partial charge in [-0.2, -0.15) is 0 Å². The zero-order chi connectivity index (χ0) is 8.36.